The molecule has 156 valence electrons. The van der Waals surface area contributed by atoms with Gasteiger partial charge in [-0.1, -0.05) is 24.3 Å². The number of nitrogens with one attached hydrogen (secondary N) is 3. The van der Waals surface area contributed by atoms with Crippen LogP contribution in [0.15, 0.2) is 60.8 Å². The van der Waals surface area contributed by atoms with E-state index in [0.717, 1.165) is 12.1 Å². The number of pyridine rings is 1. The average Bonchev–Trinajstić information content (AvgIpc) is 2.73. The van der Waals surface area contributed by atoms with Crippen molar-refractivity contribution in [3.8, 4) is 0 Å². The molecule has 0 aliphatic rings. The van der Waals surface area contributed by atoms with Gasteiger partial charge in [-0.2, -0.15) is 13.2 Å². The Hall–Kier alpha value is -3.69. The summed E-state index contributed by atoms with van der Waals surface area (Å²) in [6.07, 6.45) is -2.90. The molecule has 30 heavy (non-hydrogen) atoms. The smallest absolute Gasteiger partial charge is 0.367 e. The van der Waals surface area contributed by atoms with Gasteiger partial charge in [-0.15, -0.1) is 10.2 Å². The number of hydrogen-bond donors (Lipinski definition) is 3. The average molecular weight is 416 g/mol. The summed E-state index contributed by atoms with van der Waals surface area (Å²) in [7, 11) is 0. The molecule has 1 amide bonds. The van der Waals surface area contributed by atoms with Crippen LogP contribution in [-0.2, 0) is 17.4 Å². The van der Waals surface area contributed by atoms with Crippen molar-refractivity contribution in [3.05, 3.63) is 71.9 Å². The van der Waals surface area contributed by atoms with E-state index in [1.165, 1.54) is 12.1 Å². The maximum atomic E-state index is 12.7. The summed E-state index contributed by atoms with van der Waals surface area (Å²) in [6.45, 7) is 0.670. The molecule has 0 atom stereocenters. The predicted molar refractivity (Wildman–Crippen MR) is 106 cm³/mol. The highest BCUT2D eigenvalue weighted by molar-refractivity contribution is 5.78. The first-order valence-electron chi connectivity index (χ1n) is 9.09. The molecule has 0 aliphatic heterocycles. The number of alkyl halides is 3. The van der Waals surface area contributed by atoms with Crippen LogP contribution in [0.2, 0.25) is 0 Å². The number of benzene rings is 1. The number of carbonyl (C=O) groups is 1. The first kappa shape index (κ1) is 21.0. The van der Waals surface area contributed by atoms with Crippen molar-refractivity contribution in [1.29, 1.82) is 0 Å². The van der Waals surface area contributed by atoms with Gasteiger partial charge in [0.05, 0.1) is 12.0 Å². The third-order valence-corrected chi connectivity index (χ3v) is 3.96. The lowest BCUT2D eigenvalue weighted by Gasteiger charge is -2.10. The van der Waals surface area contributed by atoms with Crippen molar-refractivity contribution in [2.45, 2.75) is 12.6 Å². The van der Waals surface area contributed by atoms with Crippen LogP contribution < -0.4 is 16.0 Å². The van der Waals surface area contributed by atoms with E-state index in [-0.39, 0.29) is 18.9 Å². The second-order valence-electron chi connectivity index (χ2n) is 6.30. The minimum atomic E-state index is -4.43. The molecule has 0 fully saturated rings. The van der Waals surface area contributed by atoms with E-state index in [9.17, 15) is 18.0 Å². The minimum Gasteiger partial charge on any atom is -0.367 e. The van der Waals surface area contributed by atoms with E-state index >= 15 is 0 Å². The van der Waals surface area contributed by atoms with Gasteiger partial charge >= 0.3 is 6.18 Å². The molecule has 0 saturated carbocycles. The maximum absolute atomic E-state index is 12.7. The van der Waals surface area contributed by atoms with Gasteiger partial charge in [0.15, 0.2) is 5.82 Å². The molecule has 1 aromatic carbocycles. The lowest BCUT2D eigenvalue weighted by molar-refractivity contribution is -0.137. The molecule has 0 unspecified atom stereocenters. The van der Waals surface area contributed by atoms with Crippen LogP contribution in [0.3, 0.4) is 0 Å². The number of rotatable bonds is 8. The molecule has 0 aliphatic carbocycles. The Balaban J connectivity index is 1.40. The van der Waals surface area contributed by atoms with Crippen LogP contribution >= 0.6 is 0 Å². The fourth-order valence-corrected chi connectivity index (χ4v) is 2.56. The van der Waals surface area contributed by atoms with Gasteiger partial charge in [-0.3, -0.25) is 4.79 Å². The van der Waals surface area contributed by atoms with Crippen LogP contribution in [-0.4, -0.2) is 34.2 Å². The molecule has 0 saturated heterocycles. The van der Waals surface area contributed by atoms with E-state index in [4.69, 9.17) is 0 Å². The van der Waals surface area contributed by atoms with Crippen molar-refractivity contribution >= 4 is 23.4 Å². The standard InChI is InChI=1S/C20H19F3N6O/c21-20(22,23)15-5-3-4-14(12-15)13-19(30)26-11-10-25-17-7-8-18(29-28-17)27-16-6-1-2-9-24-16/h1-9,12H,10-11,13H2,(H,25,28)(H,26,30)(H,24,27,29). The molecule has 3 rings (SSSR count). The zero-order chi connectivity index (χ0) is 21.4. The van der Waals surface area contributed by atoms with E-state index in [1.807, 2.05) is 12.1 Å². The van der Waals surface area contributed by atoms with Crippen LogP contribution in [0.25, 0.3) is 0 Å². The van der Waals surface area contributed by atoms with Gasteiger partial charge in [0, 0.05) is 19.3 Å². The first-order chi connectivity index (χ1) is 14.4. The summed E-state index contributed by atoms with van der Waals surface area (Å²) in [5.74, 6) is 1.34. The molecule has 3 N–H and O–H groups in total. The molecule has 10 heteroatoms. The quantitative estimate of drug-likeness (QED) is 0.488. The second kappa shape index (κ2) is 9.68. The van der Waals surface area contributed by atoms with Gasteiger partial charge in [0.1, 0.15) is 11.6 Å². The second-order valence-corrected chi connectivity index (χ2v) is 6.30. The van der Waals surface area contributed by atoms with Crippen molar-refractivity contribution < 1.29 is 18.0 Å². The Morgan fingerprint density at radius 1 is 0.900 bits per heavy atom. The fraction of sp³-hybridized carbons (Fsp3) is 0.200. The van der Waals surface area contributed by atoms with Gasteiger partial charge < -0.3 is 16.0 Å². The molecule has 2 aromatic heterocycles. The number of aromatic nitrogens is 3. The minimum absolute atomic E-state index is 0.127. The summed E-state index contributed by atoms with van der Waals surface area (Å²) in [5, 5.41) is 16.7. The van der Waals surface area contributed by atoms with E-state index in [0.29, 0.717) is 29.6 Å². The van der Waals surface area contributed by atoms with Crippen molar-refractivity contribution in [3.63, 3.8) is 0 Å². The molecular formula is C20H19F3N6O. The topological polar surface area (TPSA) is 91.8 Å². The molecule has 7 nitrogen and oxygen atoms in total. The lowest BCUT2D eigenvalue weighted by Crippen LogP contribution is -2.30. The summed E-state index contributed by atoms with van der Waals surface area (Å²) >= 11 is 0. The molecule has 0 radical (unpaired) electrons. The fourth-order valence-electron chi connectivity index (χ4n) is 2.56. The lowest BCUT2D eigenvalue weighted by atomic mass is 10.1. The van der Waals surface area contributed by atoms with Crippen molar-refractivity contribution in [2.75, 3.05) is 23.7 Å². The largest absolute Gasteiger partial charge is 0.416 e. The molecule has 2 heterocycles. The Bertz CT molecular complexity index is 964. The van der Waals surface area contributed by atoms with Crippen LogP contribution in [0.5, 0.6) is 0 Å². The molecule has 0 bridgehead atoms. The zero-order valence-electron chi connectivity index (χ0n) is 15.8. The Morgan fingerprint density at radius 2 is 1.70 bits per heavy atom. The number of hydrogen-bond acceptors (Lipinski definition) is 6. The van der Waals surface area contributed by atoms with E-state index in [1.54, 1.807) is 24.4 Å². The van der Waals surface area contributed by atoms with E-state index in [2.05, 4.69) is 31.1 Å². The zero-order valence-corrected chi connectivity index (χ0v) is 15.8. The van der Waals surface area contributed by atoms with Gasteiger partial charge in [-0.25, -0.2) is 4.98 Å². The Labute approximate surface area is 170 Å². The van der Waals surface area contributed by atoms with Crippen molar-refractivity contribution in [1.82, 2.24) is 20.5 Å². The van der Waals surface area contributed by atoms with Crippen molar-refractivity contribution in [2.24, 2.45) is 0 Å². The third-order valence-electron chi connectivity index (χ3n) is 3.96. The summed E-state index contributed by atoms with van der Waals surface area (Å²) in [6, 6.07) is 13.6. The summed E-state index contributed by atoms with van der Waals surface area (Å²) in [4.78, 5) is 16.1. The highest BCUT2D eigenvalue weighted by atomic mass is 19.4. The molecule has 0 spiro atoms. The number of anilines is 3. The normalized spacial score (nSPS) is 11.0. The first-order valence-corrected chi connectivity index (χ1v) is 9.09. The predicted octanol–water partition coefficient (Wildman–Crippen LogP) is 3.40. The number of amides is 1. The molecular weight excluding hydrogens is 397 g/mol. The number of carbonyl (C=O) groups excluding carboxylic acids is 1. The monoisotopic (exact) mass is 416 g/mol. The van der Waals surface area contributed by atoms with Crippen LogP contribution in [0, 0.1) is 0 Å². The number of halogens is 3. The van der Waals surface area contributed by atoms with Crippen LogP contribution in [0.1, 0.15) is 11.1 Å². The Morgan fingerprint density at radius 3 is 2.40 bits per heavy atom. The number of nitrogens with zero attached hydrogens (tertiary/aromatic N) is 3. The van der Waals surface area contributed by atoms with Crippen LogP contribution in [0.4, 0.5) is 30.6 Å². The highest BCUT2D eigenvalue weighted by Gasteiger charge is 2.30. The summed E-state index contributed by atoms with van der Waals surface area (Å²) in [5.41, 5.74) is -0.467. The molecule has 3 aromatic rings. The third kappa shape index (κ3) is 6.43. The highest BCUT2D eigenvalue weighted by Crippen LogP contribution is 2.29. The van der Waals surface area contributed by atoms with Gasteiger partial charge in [0.25, 0.3) is 0 Å². The maximum Gasteiger partial charge on any atom is 0.416 e. The summed E-state index contributed by atoms with van der Waals surface area (Å²) < 4.78 is 38.2. The van der Waals surface area contributed by atoms with E-state index < -0.39 is 11.7 Å². The SMILES string of the molecule is O=C(Cc1cccc(C(F)(F)F)c1)NCCNc1ccc(Nc2ccccn2)nn1. The van der Waals surface area contributed by atoms with Gasteiger partial charge in [0.2, 0.25) is 5.91 Å². The van der Waals surface area contributed by atoms with Gasteiger partial charge in [-0.05, 0) is 35.9 Å². The Kier molecular flexibility index (Phi) is 6.79.